The van der Waals surface area contributed by atoms with E-state index in [4.69, 9.17) is 0 Å². The molecule has 14 rings (SSSR count). The Morgan fingerprint density at radius 2 is 0.899 bits per heavy atom. The lowest BCUT2D eigenvalue weighted by atomic mass is 9.73. The molecule has 0 fully saturated rings. The van der Waals surface area contributed by atoms with Crippen LogP contribution in [0.2, 0.25) is 0 Å². The van der Waals surface area contributed by atoms with E-state index in [0.29, 0.717) is 11.8 Å². The van der Waals surface area contributed by atoms with Crippen LogP contribution in [0.15, 0.2) is 231 Å². The molecule has 2 nitrogen and oxygen atoms in total. The molecule has 1 heterocycles. The second-order valence-corrected chi connectivity index (χ2v) is 20.0. The van der Waals surface area contributed by atoms with Crippen LogP contribution in [0.4, 0.5) is 17.1 Å². The third kappa shape index (κ3) is 6.32. The summed E-state index contributed by atoms with van der Waals surface area (Å²) in [5.74, 6) is 0.898. The summed E-state index contributed by atoms with van der Waals surface area (Å²) >= 11 is 0. The Labute approximate surface area is 404 Å². The molecule has 2 atom stereocenters. The van der Waals surface area contributed by atoms with Gasteiger partial charge < -0.3 is 9.47 Å². The van der Waals surface area contributed by atoms with Crippen molar-refractivity contribution in [1.29, 1.82) is 0 Å². The maximum absolute atomic E-state index is 2.48. The molecule has 328 valence electrons. The quantitative estimate of drug-likeness (QED) is 0.148. The fourth-order valence-corrected chi connectivity index (χ4v) is 12.2. The smallest absolute Gasteiger partial charge is 0.0541 e. The third-order valence-corrected chi connectivity index (χ3v) is 16.0. The van der Waals surface area contributed by atoms with Crippen molar-refractivity contribution in [3.63, 3.8) is 0 Å². The minimum absolute atomic E-state index is 0.105. The molecule has 69 heavy (non-hydrogen) atoms. The monoisotopic (exact) mass is 882 g/mol. The highest BCUT2D eigenvalue weighted by atomic mass is 15.1. The van der Waals surface area contributed by atoms with Crippen molar-refractivity contribution in [2.24, 2.45) is 0 Å². The molecular formula is C67H50N2. The lowest BCUT2D eigenvalue weighted by molar-refractivity contribution is 0.660. The average Bonchev–Trinajstić information content (AvgIpc) is 3.82. The number of nitrogens with zero attached hydrogens (tertiary/aromatic N) is 2. The standard InChI is InChI=1S/C67H50N2/c1-67(2)63-19-11-10-18-57(63)58-35-34-54(42-64(58)67)68(51-28-20-44(21-29-51)43-12-4-3-5-13-43)52-30-22-45(23-31-52)47-26-36-65-61(38-47)62-41-50(60-40-49-15-7-9-17-56(49)60)27-37-66(62)69(65)53-32-24-46(25-33-53)59-39-48-14-6-8-16-55(48)59/h3-38,41-42,59-60H,39-40H2,1-2H3. The molecule has 0 radical (unpaired) electrons. The van der Waals surface area contributed by atoms with Gasteiger partial charge >= 0.3 is 0 Å². The molecule has 0 N–H and O–H groups in total. The van der Waals surface area contributed by atoms with Crippen molar-refractivity contribution in [1.82, 2.24) is 4.57 Å². The predicted molar refractivity (Wildman–Crippen MR) is 288 cm³/mol. The van der Waals surface area contributed by atoms with E-state index in [-0.39, 0.29) is 5.41 Å². The number of anilines is 3. The number of rotatable bonds is 8. The van der Waals surface area contributed by atoms with Gasteiger partial charge in [0.1, 0.15) is 0 Å². The first kappa shape index (κ1) is 39.9. The fourth-order valence-electron chi connectivity index (χ4n) is 12.2. The first-order valence-electron chi connectivity index (χ1n) is 24.6. The maximum Gasteiger partial charge on any atom is 0.0541 e. The van der Waals surface area contributed by atoms with Crippen molar-refractivity contribution in [2.75, 3.05) is 4.90 Å². The fraction of sp³-hybridized carbons (Fsp3) is 0.104. The zero-order valence-electron chi connectivity index (χ0n) is 38.9. The maximum atomic E-state index is 2.48. The van der Waals surface area contributed by atoms with Gasteiger partial charge in [-0.2, -0.15) is 0 Å². The first-order valence-corrected chi connectivity index (χ1v) is 24.6. The topological polar surface area (TPSA) is 8.17 Å². The largest absolute Gasteiger partial charge is 0.310 e. The van der Waals surface area contributed by atoms with Crippen LogP contribution in [0.5, 0.6) is 0 Å². The molecule has 0 amide bonds. The van der Waals surface area contributed by atoms with Gasteiger partial charge in [-0.15, -0.1) is 0 Å². The predicted octanol–water partition coefficient (Wildman–Crippen LogP) is 17.3. The van der Waals surface area contributed by atoms with Crippen LogP contribution < -0.4 is 4.90 Å². The molecule has 0 saturated carbocycles. The van der Waals surface area contributed by atoms with E-state index in [1.54, 1.807) is 0 Å². The van der Waals surface area contributed by atoms with Gasteiger partial charge in [0.25, 0.3) is 0 Å². The Balaban J connectivity index is 0.859. The number of hydrogen-bond donors (Lipinski definition) is 0. The molecule has 1 aromatic heterocycles. The van der Waals surface area contributed by atoms with E-state index in [9.17, 15) is 0 Å². The highest BCUT2D eigenvalue weighted by molar-refractivity contribution is 6.11. The number of benzene rings is 10. The van der Waals surface area contributed by atoms with E-state index in [0.717, 1.165) is 29.9 Å². The summed E-state index contributed by atoms with van der Waals surface area (Å²) in [5.41, 5.74) is 25.9. The summed E-state index contributed by atoms with van der Waals surface area (Å²) in [6, 6.07) is 86.4. The van der Waals surface area contributed by atoms with Crippen molar-refractivity contribution in [3.05, 3.63) is 275 Å². The Kier molecular flexibility index (Phi) is 8.92. The third-order valence-electron chi connectivity index (χ3n) is 16.0. The second-order valence-electron chi connectivity index (χ2n) is 20.0. The molecule has 0 aliphatic heterocycles. The Hall–Kier alpha value is -8.20. The van der Waals surface area contributed by atoms with Crippen LogP contribution >= 0.6 is 0 Å². The Morgan fingerprint density at radius 3 is 1.58 bits per heavy atom. The van der Waals surface area contributed by atoms with Crippen molar-refractivity contribution in [3.8, 4) is 39.1 Å². The molecule has 0 bridgehead atoms. The van der Waals surface area contributed by atoms with Gasteiger partial charge in [-0.3, -0.25) is 0 Å². The van der Waals surface area contributed by atoms with E-state index >= 15 is 0 Å². The van der Waals surface area contributed by atoms with Crippen LogP contribution in [0.25, 0.3) is 60.9 Å². The summed E-state index contributed by atoms with van der Waals surface area (Å²) in [7, 11) is 0. The normalized spacial score (nSPS) is 16.0. The summed E-state index contributed by atoms with van der Waals surface area (Å²) in [4.78, 5) is 2.42. The number of fused-ring (bicyclic) bond motifs is 8. The highest BCUT2D eigenvalue weighted by Crippen LogP contribution is 2.51. The molecule has 2 heteroatoms. The zero-order valence-corrected chi connectivity index (χ0v) is 38.9. The van der Waals surface area contributed by atoms with Crippen LogP contribution in [0, 0.1) is 0 Å². The molecule has 0 spiro atoms. The van der Waals surface area contributed by atoms with Gasteiger partial charge in [-0.05, 0) is 164 Å². The highest BCUT2D eigenvalue weighted by Gasteiger charge is 2.36. The minimum atomic E-state index is -0.105. The van der Waals surface area contributed by atoms with Gasteiger partial charge in [0.2, 0.25) is 0 Å². The summed E-state index contributed by atoms with van der Waals surface area (Å²) in [6.45, 7) is 4.73. The SMILES string of the molecule is CC1(C)c2ccccc2-c2ccc(N(c3ccc(-c4ccccc4)cc3)c3ccc(-c4ccc5c(c4)c4cc(C6Cc7ccccc76)ccc4n5-c4ccc(C5Cc6ccccc65)cc4)cc3)cc21. The van der Waals surface area contributed by atoms with E-state index < -0.39 is 0 Å². The molecule has 3 aliphatic rings. The van der Waals surface area contributed by atoms with Gasteiger partial charge in [0.15, 0.2) is 0 Å². The van der Waals surface area contributed by atoms with E-state index in [2.05, 4.69) is 254 Å². The minimum Gasteiger partial charge on any atom is -0.310 e. The molecule has 3 aliphatic carbocycles. The molecule has 2 unspecified atom stereocenters. The first-order chi connectivity index (χ1) is 33.9. The van der Waals surface area contributed by atoms with Gasteiger partial charge in [0.05, 0.1) is 11.0 Å². The number of hydrogen-bond acceptors (Lipinski definition) is 1. The van der Waals surface area contributed by atoms with Crippen LogP contribution in [-0.4, -0.2) is 4.57 Å². The molecule has 10 aromatic carbocycles. The molecular weight excluding hydrogens is 833 g/mol. The van der Waals surface area contributed by atoms with Gasteiger partial charge in [0, 0.05) is 50.8 Å². The second kappa shape index (κ2) is 15.4. The molecule has 11 aromatic rings. The lowest BCUT2D eigenvalue weighted by Gasteiger charge is -2.30. The van der Waals surface area contributed by atoms with Crippen LogP contribution in [0.1, 0.15) is 70.2 Å². The summed E-state index contributed by atoms with van der Waals surface area (Å²) in [6.07, 6.45) is 2.21. The van der Waals surface area contributed by atoms with E-state index in [1.807, 2.05) is 0 Å². The Morgan fingerprint density at radius 1 is 0.391 bits per heavy atom. The van der Waals surface area contributed by atoms with Gasteiger partial charge in [-0.1, -0.05) is 172 Å². The summed E-state index contributed by atoms with van der Waals surface area (Å²) < 4.78 is 2.48. The molecule has 0 saturated heterocycles. The zero-order chi connectivity index (χ0) is 45.8. The van der Waals surface area contributed by atoms with E-state index in [1.165, 1.54) is 105 Å². The van der Waals surface area contributed by atoms with Crippen LogP contribution in [0.3, 0.4) is 0 Å². The van der Waals surface area contributed by atoms with Gasteiger partial charge in [-0.25, -0.2) is 0 Å². The number of aromatic nitrogens is 1. The lowest BCUT2D eigenvalue weighted by Crippen LogP contribution is -2.17. The van der Waals surface area contributed by atoms with Crippen molar-refractivity contribution < 1.29 is 0 Å². The van der Waals surface area contributed by atoms with Crippen molar-refractivity contribution in [2.45, 2.75) is 43.9 Å². The summed E-state index contributed by atoms with van der Waals surface area (Å²) in [5, 5.41) is 2.58. The van der Waals surface area contributed by atoms with Crippen molar-refractivity contribution >= 4 is 38.9 Å². The van der Waals surface area contributed by atoms with Crippen LogP contribution in [-0.2, 0) is 18.3 Å². The average molecular weight is 883 g/mol. The Bertz CT molecular complexity index is 3800.